The van der Waals surface area contributed by atoms with Gasteiger partial charge in [0, 0.05) is 23.7 Å². The van der Waals surface area contributed by atoms with Crippen LogP contribution in [0.2, 0.25) is 0 Å². The van der Waals surface area contributed by atoms with E-state index in [0.29, 0.717) is 12.1 Å². The number of para-hydroxylation sites is 1. The molecule has 1 aliphatic rings. The van der Waals surface area contributed by atoms with Gasteiger partial charge < -0.3 is 16.0 Å². The first kappa shape index (κ1) is 19.9. The number of hydrogen-bond acceptors (Lipinski definition) is 5. The number of amides is 2. The van der Waals surface area contributed by atoms with Crippen LogP contribution in [0, 0.1) is 0 Å². The first-order chi connectivity index (χ1) is 13.2. The highest BCUT2D eigenvalue weighted by atomic mass is 32.2. The van der Waals surface area contributed by atoms with E-state index in [9.17, 15) is 18.0 Å². The van der Waals surface area contributed by atoms with Crippen LogP contribution in [0.3, 0.4) is 0 Å². The quantitative estimate of drug-likeness (QED) is 0.795. The molecule has 1 heterocycles. The van der Waals surface area contributed by atoms with Crippen LogP contribution in [-0.4, -0.2) is 39.1 Å². The number of rotatable bonds is 5. The zero-order valence-electron chi connectivity index (χ0n) is 15.8. The summed E-state index contributed by atoms with van der Waals surface area (Å²) in [4.78, 5) is 26.5. The summed E-state index contributed by atoms with van der Waals surface area (Å²) in [5.41, 5.74) is 7.60. The molecule has 3 N–H and O–H groups in total. The summed E-state index contributed by atoms with van der Waals surface area (Å²) < 4.78 is 23.4. The monoisotopic (exact) mass is 401 g/mol. The number of primary amides is 1. The minimum atomic E-state index is -3.36. The number of nitrogens with two attached hydrogens (primary N) is 1. The fourth-order valence-electron chi connectivity index (χ4n) is 3.55. The summed E-state index contributed by atoms with van der Waals surface area (Å²) in [6.07, 6.45) is 1.65. The Bertz CT molecular complexity index is 1020. The fraction of sp³-hybridized carbons (Fsp3) is 0.300. The molecular weight excluding hydrogens is 378 g/mol. The molecule has 0 aromatic heterocycles. The fourth-order valence-corrected chi connectivity index (χ4v) is 4.21. The summed E-state index contributed by atoms with van der Waals surface area (Å²) in [5, 5.41) is 2.75. The van der Waals surface area contributed by atoms with Gasteiger partial charge in [-0.25, -0.2) is 8.42 Å². The van der Waals surface area contributed by atoms with Gasteiger partial charge in [-0.3, -0.25) is 9.59 Å². The lowest BCUT2D eigenvalue weighted by Gasteiger charge is -2.39. The van der Waals surface area contributed by atoms with Gasteiger partial charge in [-0.15, -0.1) is 0 Å². The number of sulfone groups is 1. The number of carbonyl (C=O) groups is 2. The lowest BCUT2D eigenvalue weighted by molar-refractivity contribution is -0.119. The number of fused-ring (bicyclic) bond motifs is 1. The maximum absolute atomic E-state index is 12.6. The summed E-state index contributed by atoms with van der Waals surface area (Å²) in [5.74, 6) is -1.03. The Hall–Kier alpha value is -2.87. The van der Waals surface area contributed by atoms with E-state index in [-0.39, 0.29) is 35.2 Å². The molecule has 8 heteroatoms. The highest BCUT2D eigenvalue weighted by molar-refractivity contribution is 7.90. The lowest BCUT2D eigenvalue weighted by atomic mass is 9.85. The van der Waals surface area contributed by atoms with Gasteiger partial charge in [0.05, 0.1) is 17.4 Å². The number of anilines is 2. The van der Waals surface area contributed by atoms with Crippen molar-refractivity contribution in [1.82, 2.24) is 0 Å². The van der Waals surface area contributed by atoms with E-state index >= 15 is 0 Å². The van der Waals surface area contributed by atoms with Crippen molar-refractivity contribution in [3.05, 3.63) is 54.1 Å². The molecule has 7 nitrogen and oxygen atoms in total. The second-order valence-corrected chi connectivity index (χ2v) is 9.09. The number of hydrogen-bond donors (Lipinski definition) is 2. The minimum absolute atomic E-state index is 0.0551. The van der Waals surface area contributed by atoms with Crippen LogP contribution in [0.5, 0.6) is 0 Å². The molecule has 148 valence electrons. The van der Waals surface area contributed by atoms with Crippen LogP contribution in [0.25, 0.3) is 0 Å². The van der Waals surface area contributed by atoms with Crippen LogP contribution in [0.1, 0.15) is 24.8 Å². The molecule has 1 aliphatic heterocycles. The lowest BCUT2D eigenvalue weighted by Crippen LogP contribution is -2.45. The number of nitrogens with one attached hydrogen (secondary N) is 1. The van der Waals surface area contributed by atoms with Gasteiger partial charge in [-0.1, -0.05) is 24.3 Å². The Morgan fingerprint density at radius 2 is 1.89 bits per heavy atom. The van der Waals surface area contributed by atoms with Gasteiger partial charge in [0.15, 0.2) is 9.84 Å². The first-order valence-corrected chi connectivity index (χ1v) is 10.8. The molecule has 0 saturated carbocycles. The normalized spacial score (nSPS) is 19.0. The molecule has 0 fully saturated rings. The predicted octanol–water partition coefficient (Wildman–Crippen LogP) is 1.90. The molecule has 2 aromatic carbocycles. The van der Waals surface area contributed by atoms with Crippen molar-refractivity contribution in [2.24, 2.45) is 5.73 Å². The van der Waals surface area contributed by atoms with Crippen molar-refractivity contribution in [1.29, 1.82) is 0 Å². The van der Waals surface area contributed by atoms with Crippen molar-refractivity contribution in [3.63, 3.8) is 0 Å². The highest BCUT2D eigenvalue weighted by Crippen LogP contribution is 2.38. The number of benzene rings is 2. The Morgan fingerprint density at radius 3 is 2.57 bits per heavy atom. The van der Waals surface area contributed by atoms with Gasteiger partial charge in [0.2, 0.25) is 11.8 Å². The van der Waals surface area contributed by atoms with Crippen molar-refractivity contribution in [3.8, 4) is 0 Å². The zero-order chi connectivity index (χ0) is 20.5. The van der Waals surface area contributed by atoms with Crippen LogP contribution in [0.15, 0.2) is 53.4 Å². The standard InChI is InChI=1S/C20H23N3O4S/c1-13-10-17(20(21)25)16-8-3-4-9-18(16)23(13)12-19(24)22-14-6-5-7-15(11-14)28(2,26)27/h3-9,11,13,17H,10,12H2,1-2H3,(H2,21,25)(H,22,24)/t13-,17-/m0/s1. The van der Waals surface area contributed by atoms with Crippen LogP contribution in [-0.2, 0) is 19.4 Å². The van der Waals surface area contributed by atoms with Crippen molar-refractivity contribution >= 4 is 33.0 Å². The second-order valence-electron chi connectivity index (χ2n) is 7.07. The van der Waals surface area contributed by atoms with Gasteiger partial charge in [0.25, 0.3) is 0 Å². The van der Waals surface area contributed by atoms with E-state index in [2.05, 4.69) is 5.32 Å². The van der Waals surface area contributed by atoms with Crippen molar-refractivity contribution in [2.75, 3.05) is 23.0 Å². The molecule has 0 spiro atoms. The minimum Gasteiger partial charge on any atom is -0.369 e. The molecule has 0 saturated heterocycles. The molecular formula is C20H23N3O4S. The molecule has 0 radical (unpaired) electrons. The summed E-state index contributed by atoms with van der Waals surface area (Å²) in [6.45, 7) is 2.02. The number of carbonyl (C=O) groups excluding carboxylic acids is 2. The Kier molecular flexibility index (Phi) is 5.42. The third-order valence-electron chi connectivity index (χ3n) is 4.93. The Labute approximate surface area is 164 Å². The van der Waals surface area contributed by atoms with Gasteiger partial charge in [-0.2, -0.15) is 0 Å². The molecule has 2 aromatic rings. The van der Waals surface area contributed by atoms with Gasteiger partial charge in [0.1, 0.15) is 0 Å². The predicted molar refractivity (Wildman–Crippen MR) is 108 cm³/mol. The summed E-state index contributed by atoms with van der Waals surface area (Å²) in [6, 6.07) is 13.5. The van der Waals surface area contributed by atoms with Crippen LogP contribution >= 0.6 is 0 Å². The molecule has 2 atom stereocenters. The van der Waals surface area contributed by atoms with E-state index in [0.717, 1.165) is 17.5 Å². The van der Waals surface area contributed by atoms with Crippen molar-refractivity contribution in [2.45, 2.75) is 30.2 Å². The molecule has 3 rings (SSSR count). The van der Waals surface area contributed by atoms with E-state index in [1.54, 1.807) is 12.1 Å². The maximum atomic E-state index is 12.6. The van der Waals surface area contributed by atoms with Crippen LogP contribution in [0.4, 0.5) is 11.4 Å². The molecule has 2 amide bonds. The topological polar surface area (TPSA) is 110 Å². The summed E-state index contributed by atoms with van der Waals surface area (Å²) in [7, 11) is -3.36. The molecule has 0 unspecified atom stereocenters. The Balaban J connectivity index is 1.80. The third kappa shape index (κ3) is 4.17. The zero-order valence-corrected chi connectivity index (χ0v) is 16.6. The average Bonchev–Trinajstić information content (AvgIpc) is 2.63. The largest absolute Gasteiger partial charge is 0.369 e. The molecule has 0 bridgehead atoms. The Morgan fingerprint density at radius 1 is 1.18 bits per heavy atom. The average molecular weight is 401 g/mol. The van der Waals surface area contributed by atoms with E-state index in [1.165, 1.54) is 12.1 Å². The highest BCUT2D eigenvalue weighted by Gasteiger charge is 2.33. The van der Waals surface area contributed by atoms with Gasteiger partial charge in [-0.05, 0) is 43.2 Å². The number of nitrogens with zero attached hydrogens (tertiary/aromatic N) is 1. The van der Waals surface area contributed by atoms with E-state index < -0.39 is 9.84 Å². The van der Waals surface area contributed by atoms with E-state index in [1.807, 2.05) is 36.1 Å². The maximum Gasteiger partial charge on any atom is 0.243 e. The van der Waals surface area contributed by atoms with Crippen LogP contribution < -0.4 is 16.0 Å². The first-order valence-electron chi connectivity index (χ1n) is 8.91. The van der Waals surface area contributed by atoms with Gasteiger partial charge >= 0.3 is 0 Å². The smallest absolute Gasteiger partial charge is 0.243 e. The SMILES string of the molecule is C[C@H]1C[C@H](C(N)=O)c2ccccc2N1CC(=O)Nc1cccc(S(C)(=O)=O)c1. The van der Waals surface area contributed by atoms with Crippen molar-refractivity contribution < 1.29 is 18.0 Å². The second kappa shape index (κ2) is 7.63. The molecule has 28 heavy (non-hydrogen) atoms. The van der Waals surface area contributed by atoms with E-state index in [4.69, 9.17) is 5.73 Å². The summed E-state index contributed by atoms with van der Waals surface area (Å²) >= 11 is 0. The molecule has 0 aliphatic carbocycles. The third-order valence-corrected chi connectivity index (χ3v) is 6.04.